The van der Waals surface area contributed by atoms with E-state index >= 15 is 0 Å². The number of aromatic nitrogens is 2. The van der Waals surface area contributed by atoms with E-state index in [1.54, 1.807) is 11.8 Å². The molecule has 0 spiro atoms. The second kappa shape index (κ2) is 5.97. The third kappa shape index (κ3) is 2.65. The molecule has 0 bridgehead atoms. The highest BCUT2D eigenvalue weighted by Crippen LogP contribution is 2.55. The van der Waals surface area contributed by atoms with Crippen LogP contribution in [0.1, 0.15) is 37.4 Å². The van der Waals surface area contributed by atoms with Gasteiger partial charge in [-0.2, -0.15) is 13.8 Å². The van der Waals surface area contributed by atoms with Crippen LogP contribution in [0, 0.1) is 17.8 Å². The topological polar surface area (TPSA) is 69.6 Å². The van der Waals surface area contributed by atoms with E-state index in [0.29, 0.717) is 37.3 Å². The third-order valence-corrected chi connectivity index (χ3v) is 6.96. The van der Waals surface area contributed by atoms with Crippen molar-refractivity contribution < 1.29 is 23.1 Å². The standard InChI is InChI=1S/C19H23F3N4O2/c1-9-14(20)8-26(9)18-23-16-10(3-2-4-19(16,21)22)17(24-18)25-6-12-11(5-15(27)28)13(12)7-25/h9,11-14H,2-8H2,1H3,(H,27,28). The molecule has 4 unspecified atom stereocenters. The molecular weight excluding hydrogens is 373 g/mol. The van der Waals surface area contributed by atoms with E-state index in [9.17, 15) is 18.0 Å². The SMILES string of the molecule is CC1C(F)CN1c1nc(N2CC3C(CC(=O)O)C3C2)c2c(n1)C(F)(F)CCC2. The van der Waals surface area contributed by atoms with Crippen molar-refractivity contribution in [1.29, 1.82) is 0 Å². The van der Waals surface area contributed by atoms with Gasteiger partial charge in [-0.1, -0.05) is 0 Å². The third-order valence-electron chi connectivity index (χ3n) is 6.96. The number of piperidine rings is 1. The fraction of sp³-hybridized carbons (Fsp3) is 0.737. The van der Waals surface area contributed by atoms with Gasteiger partial charge in [0, 0.05) is 31.5 Å². The first kappa shape index (κ1) is 18.0. The van der Waals surface area contributed by atoms with E-state index in [1.807, 2.05) is 4.90 Å². The maximum atomic E-state index is 14.6. The average molecular weight is 396 g/mol. The summed E-state index contributed by atoms with van der Waals surface area (Å²) in [5.74, 6) is -2.33. The first-order chi connectivity index (χ1) is 13.3. The summed E-state index contributed by atoms with van der Waals surface area (Å²) in [4.78, 5) is 23.4. The number of hydrogen-bond acceptors (Lipinski definition) is 5. The van der Waals surface area contributed by atoms with Gasteiger partial charge < -0.3 is 14.9 Å². The van der Waals surface area contributed by atoms with Crippen molar-refractivity contribution in [2.45, 2.75) is 50.7 Å². The van der Waals surface area contributed by atoms with Gasteiger partial charge in [-0.05, 0) is 37.5 Å². The molecule has 5 rings (SSSR count). The van der Waals surface area contributed by atoms with E-state index in [4.69, 9.17) is 5.11 Å². The molecule has 1 aromatic rings. The summed E-state index contributed by atoms with van der Waals surface area (Å²) in [5, 5.41) is 9.00. The van der Waals surface area contributed by atoms with E-state index in [-0.39, 0.29) is 48.8 Å². The summed E-state index contributed by atoms with van der Waals surface area (Å²) < 4.78 is 42.9. The van der Waals surface area contributed by atoms with E-state index in [0.717, 1.165) is 0 Å². The summed E-state index contributed by atoms with van der Waals surface area (Å²) in [7, 11) is 0. The number of alkyl halides is 3. The number of carboxylic acid groups (broad SMARTS) is 1. The van der Waals surface area contributed by atoms with E-state index < -0.39 is 24.1 Å². The Balaban J connectivity index is 1.47. The Labute approximate surface area is 160 Å². The first-order valence-electron chi connectivity index (χ1n) is 9.93. The van der Waals surface area contributed by atoms with Crippen molar-refractivity contribution in [3.05, 3.63) is 11.3 Å². The fourth-order valence-corrected chi connectivity index (χ4v) is 5.14. The van der Waals surface area contributed by atoms with Gasteiger partial charge in [-0.15, -0.1) is 0 Å². The van der Waals surface area contributed by atoms with Gasteiger partial charge in [0.05, 0.1) is 12.6 Å². The molecule has 1 aromatic heterocycles. The number of aliphatic carboxylic acids is 1. The van der Waals surface area contributed by atoms with Gasteiger partial charge in [0.25, 0.3) is 5.92 Å². The Morgan fingerprint density at radius 1 is 1.25 bits per heavy atom. The molecule has 28 heavy (non-hydrogen) atoms. The number of carboxylic acids is 1. The van der Waals surface area contributed by atoms with Crippen molar-refractivity contribution in [3.63, 3.8) is 0 Å². The lowest BCUT2D eigenvalue weighted by atomic mass is 9.92. The zero-order valence-corrected chi connectivity index (χ0v) is 15.6. The second-order valence-electron chi connectivity index (χ2n) is 8.64. The van der Waals surface area contributed by atoms with Gasteiger partial charge in [-0.25, -0.2) is 9.37 Å². The van der Waals surface area contributed by atoms with E-state index in [1.165, 1.54) is 0 Å². The maximum Gasteiger partial charge on any atom is 0.303 e. The molecule has 0 amide bonds. The maximum absolute atomic E-state index is 14.6. The van der Waals surface area contributed by atoms with Crippen LogP contribution in [-0.2, 0) is 17.1 Å². The van der Waals surface area contributed by atoms with Crippen LogP contribution in [0.15, 0.2) is 0 Å². The van der Waals surface area contributed by atoms with Gasteiger partial charge in [0.2, 0.25) is 5.95 Å². The van der Waals surface area contributed by atoms with Crippen LogP contribution in [0.2, 0.25) is 0 Å². The van der Waals surface area contributed by atoms with Gasteiger partial charge in [0.1, 0.15) is 17.7 Å². The molecule has 4 atom stereocenters. The summed E-state index contributed by atoms with van der Waals surface area (Å²) in [6.45, 7) is 3.10. The Kier molecular flexibility index (Phi) is 3.84. The van der Waals surface area contributed by atoms with Crippen LogP contribution >= 0.6 is 0 Å². The van der Waals surface area contributed by atoms with Crippen molar-refractivity contribution >= 4 is 17.7 Å². The summed E-state index contributed by atoms with van der Waals surface area (Å²) >= 11 is 0. The van der Waals surface area contributed by atoms with Gasteiger partial charge in [-0.3, -0.25) is 4.79 Å². The molecule has 3 heterocycles. The molecule has 9 heteroatoms. The van der Waals surface area contributed by atoms with Gasteiger partial charge >= 0.3 is 5.97 Å². The first-order valence-corrected chi connectivity index (χ1v) is 9.93. The molecule has 152 valence electrons. The fourth-order valence-electron chi connectivity index (χ4n) is 5.14. The summed E-state index contributed by atoms with van der Waals surface area (Å²) in [6.07, 6.45) is -0.183. The lowest BCUT2D eigenvalue weighted by molar-refractivity contribution is -0.137. The van der Waals surface area contributed by atoms with Crippen LogP contribution in [0.3, 0.4) is 0 Å². The minimum Gasteiger partial charge on any atom is -0.481 e. The molecule has 0 radical (unpaired) electrons. The van der Waals surface area contributed by atoms with Crippen LogP contribution in [0.4, 0.5) is 24.9 Å². The Bertz CT molecular complexity index is 824. The Morgan fingerprint density at radius 2 is 1.96 bits per heavy atom. The summed E-state index contributed by atoms with van der Waals surface area (Å²) in [5.41, 5.74) is 0.289. The van der Waals surface area contributed by atoms with Crippen molar-refractivity contribution in [3.8, 4) is 0 Å². The number of fused-ring (bicyclic) bond motifs is 2. The Hall–Kier alpha value is -2.06. The number of carbonyl (C=O) groups is 1. The number of hydrogen-bond donors (Lipinski definition) is 1. The number of halogens is 3. The smallest absolute Gasteiger partial charge is 0.303 e. The predicted octanol–water partition coefficient (Wildman–Crippen LogP) is 2.61. The highest BCUT2D eigenvalue weighted by molar-refractivity contribution is 5.68. The molecule has 1 saturated carbocycles. The largest absolute Gasteiger partial charge is 0.481 e. The molecule has 6 nitrogen and oxygen atoms in total. The van der Waals surface area contributed by atoms with Crippen LogP contribution in [0.5, 0.6) is 0 Å². The minimum atomic E-state index is -3.00. The molecule has 3 fully saturated rings. The number of nitrogens with zero attached hydrogens (tertiary/aromatic N) is 4. The molecule has 2 aliphatic carbocycles. The molecule has 2 saturated heterocycles. The normalized spacial score (nSPS) is 35.2. The van der Waals surface area contributed by atoms with Crippen molar-refractivity contribution in [2.75, 3.05) is 29.4 Å². The van der Waals surface area contributed by atoms with Crippen LogP contribution < -0.4 is 9.80 Å². The number of rotatable bonds is 4. The average Bonchev–Trinajstić information content (AvgIpc) is 3.07. The second-order valence-corrected chi connectivity index (χ2v) is 8.64. The van der Waals surface area contributed by atoms with E-state index in [2.05, 4.69) is 9.97 Å². The monoisotopic (exact) mass is 396 g/mol. The number of anilines is 2. The highest BCUT2D eigenvalue weighted by atomic mass is 19.3. The molecule has 1 N–H and O–H groups in total. The van der Waals surface area contributed by atoms with Gasteiger partial charge in [0.15, 0.2) is 0 Å². The highest BCUT2D eigenvalue weighted by Gasteiger charge is 2.57. The van der Waals surface area contributed by atoms with Crippen LogP contribution in [-0.4, -0.2) is 52.9 Å². The zero-order valence-electron chi connectivity index (χ0n) is 15.6. The van der Waals surface area contributed by atoms with Crippen molar-refractivity contribution in [2.24, 2.45) is 17.8 Å². The molecular formula is C19H23F3N4O2. The predicted molar refractivity (Wildman–Crippen MR) is 95.5 cm³/mol. The van der Waals surface area contributed by atoms with Crippen LogP contribution in [0.25, 0.3) is 0 Å². The lowest BCUT2D eigenvalue weighted by Crippen LogP contribution is -2.57. The minimum absolute atomic E-state index is 0.122. The zero-order chi connectivity index (χ0) is 19.8. The molecule has 0 aromatic carbocycles. The molecule has 2 aliphatic heterocycles. The quantitative estimate of drug-likeness (QED) is 0.844. The summed E-state index contributed by atoms with van der Waals surface area (Å²) in [6, 6.07) is -0.421. The lowest BCUT2D eigenvalue weighted by Gasteiger charge is -2.43. The van der Waals surface area contributed by atoms with Crippen molar-refractivity contribution in [1.82, 2.24) is 9.97 Å². The Morgan fingerprint density at radius 3 is 2.57 bits per heavy atom. The molecule has 4 aliphatic rings.